The van der Waals surface area contributed by atoms with E-state index in [2.05, 4.69) is 10.3 Å². The SMILES string of the molecule is N#CC(NC(=O)c1csc(Cc2ccccc2F)n1)c1ccc(F)cc1F. The van der Waals surface area contributed by atoms with Crippen LogP contribution >= 0.6 is 11.3 Å². The van der Waals surface area contributed by atoms with Crippen molar-refractivity contribution in [2.24, 2.45) is 0 Å². The molecule has 1 aromatic heterocycles. The topological polar surface area (TPSA) is 65.8 Å². The van der Waals surface area contributed by atoms with E-state index in [4.69, 9.17) is 0 Å². The number of hydrogen-bond donors (Lipinski definition) is 1. The van der Waals surface area contributed by atoms with E-state index in [1.165, 1.54) is 22.8 Å². The molecule has 2 aromatic carbocycles. The molecule has 1 heterocycles. The number of hydrogen-bond acceptors (Lipinski definition) is 4. The molecule has 0 aliphatic carbocycles. The van der Waals surface area contributed by atoms with Crippen molar-refractivity contribution in [2.75, 3.05) is 0 Å². The van der Waals surface area contributed by atoms with E-state index in [1.54, 1.807) is 24.3 Å². The van der Waals surface area contributed by atoms with Gasteiger partial charge in [0.25, 0.3) is 5.91 Å². The molecule has 1 unspecified atom stereocenters. The predicted molar refractivity (Wildman–Crippen MR) is 93.5 cm³/mol. The maximum atomic E-state index is 13.8. The van der Waals surface area contributed by atoms with Gasteiger partial charge < -0.3 is 5.32 Å². The van der Waals surface area contributed by atoms with Crippen LogP contribution in [0.1, 0.15) is 32.7 Å². The Hall–Kier alpha value is -3.18. The van der Waals surface area contributed by atoms with Crippen LogP contribution in [0.3, 0.4) is 0 Å². The highest BCUT2D eigenvalue weighted by molar-refractivity contribution is 7.09. The van der Waals surface area contributed by atoms with E-state index in [0.29, 0.717) is 16.6 Å². The number of amides is 1. The van der Waals surface area contributed by atoms with Gasteiger partial charge in [-0.05, 0) is 17.7 Å². The number of carbonyl (C=O) groups excluding carboxylic acids is 1. The van der Waals surface area contributed by atoms with E-state index in [0.717, 1.165) is 12.1 Å². The third kappa shape index (κ3) is 4.33. The monoisotopic (exact) mass is 387 g/mol. The second-order valence-electron chi connectivity index (χ2n) is 5.60. The van der Waals surface area contributed by atoms with Crippen LogP contribution in [0.4, 0.5) is 13.2 Å². The molecule has 4 nitrogen and oxygen atoms in total. The van der Waals surface area contributed by atoms with Crippen LogP contribution in [0, 0.1) is 28.8 Å². The molecule has 0 saturated carbocycles. The zero-order valence-corrected chi connectivity index (χ0v) is 14.6. The van der Waals surface area contributed by atoms with Crippen molar-refractivity contribution in [1.29, 1.82) is 5.26 Å². The van der Waals surface area contributed by atoms with Crippen molar-refractivity contribution in [2.45, 2.75) is 12.5 Å². The van der Waals surface area contributed by atoms with E-state index >= 15 is 0 Å². The standard InChI is InChI=1S/C19H12F3N3OS/c20-12-5-6-13(15(22)8-12)16(9-23)25-19(26)17-10-27-18(24-17)7-11-3-1-2-4-14(11)21/h1-6,8,10,16H,7H2,(H,25,26). The van der Waals surface area contributed by atoms with Gasteiger partial charge >= 0.3 is 0 Å². The zero-order valence-electron chi connectivity index (χ0n) is 13.7. The number of nitrogens with zero attached hydrogens (tertiary/aromatic N) is 2. The van der Waals surface area contributed by atoms with Gasteiger partial charge in [0.2, 0.25) is 0 Å². The summed E-state index contributed by atoms with van der Waals surface area (Å²) in [6.45, 7) is 0. The molecule has 1 amide bonds. The predicted octanol–water partition coefficient (Wildman–Crippen LogP) is 4.15. The first-order chi connectivity index (χ1) is 13.0. The lowest BCUT2D eigenvalue weighted by Crippen LogP contribution is -2.28. The van der Waals surface area contributed by atoms with Crippen molar-refractivity contribution < 1.29 is 18.0 Å². The summed E-state index contributed by atoms with van der Waals surface area (Å²) in [6.07, 6.45) is 0.221. The van der Waals surface area contributed by atoms with Gasteiger partial charge in [0.1, 0.15) is 29.2 Å². The van der Waals surface area contributed by atoms with Gasteiger partial charge in [-0.25, -0.2) is 18.2 Å². The number of benzene rings is 2. The molecule has 136 valence electrons. The highest BCUT2D eigenvalue weighted by Gasteiger charge is 2.20. The molecule has 0 bridgehead atoms. The van der Waals surface area contributed by atoms with Gasteiger partial charge in [-0.15, -0.1) is 11.3 Å². The van der Waals surface area contributed by atoms with Crippen molar-refractivity contribution in [3.63, 3.8) is 0 Å². The summed E-state index contributed by atoms with van der Waals surface area (Å²) < 4.78 is 40.6. The average molecular weight is 387 g/mol. The quantitative estimate of drug-likeness (QED) is 0.715. The molecule has 1 atom stereocenters. The van der Waals surface area contributed by atoms with E-state index in [1.807, 2.05) is 0 Å². The van der Waals surface area contributed by atoms with E-state index in [9.17, 15) is 23.2 Å². The first-order valence-corrected chi connectivity index (χ1v) is 8.69. The van der Waals surface area contributed by atoms with Gasteiger partial charge in [0.15, 0.2) is 0 Å². The van der Waals surface area contributed by atoms with Gasteiger partial charge in [0, 0.05) is 23.4 Å². The van der Waals surface area contributed by atoms with Crippen LogP contribution in [0.15, 0.2) is 47.8 Å². The summed E-state index contributed by atoms with van der Waals surface area (Å²) in [4.78, 5) is 16.5. The number of carbonyl (C=O) groups is 1. The summed E-state index contributed by atoms with van der Waals surface area (Å²) in [5.74, 6) is -2.76. The van der Waals surface area contributed by atoms with Crippen LogP contribution in [0.2, 0.25) is 0 Å². The number of halogens is 3. The smallest absolute Gasteiger partial charge is 0.272 e. The first kappa shape index (κ1) is 18.6. The Bertz CT molecular complexity index is 1030. The van der Waals surface area contributed by atoms with Gasteiger partial charge in [-0.1, -0.05) is 24.3 Å². The van der Waals surface area contributed by atoms with Crippen LogP contribution < -0.4 is 5.32 Å². The highest BCUT2D eigenvalue weighted by atomic mass is 32.1. The fraction of sp³-hybridized carbons (Fsp3) is 0.105. The lowest BCUT2D eigenvalue weighted by molar-refractivity contribution is 0.0940. The van der Waals surface area contributed by atoms with Crippen LogP contribution in [0.25, 0.3) is 0 Å². The minimum Gasteiger partial charge on any atom is -0.331 e. The van der Waals surface area contributed by atoms with Crippen LogP contribution in [-0.2, 0) is 6.42 Å². The summed E-state index contributed by atoms with van der Waals surface area (Å²) in [6, 6.07) is 9.46. The second-order valence-corrected chi connectivity index (χ2v) is 6.54. The molecule has 0 spiro atoms. The molecule has 3 aromatic rings. The lowest BCUT2D eigenvalue weighted by atomic mass is 10.1. The summed E-state index contributed by atoms with van der Waals surface area (Å²) >= 11 is 1.17. The maximum Gasteiger partial charge on any atom is 0.272 e. The highest BCUT2D eigenvalue weighted by Crippen LogP contribution is 2.20. The van der Waals surface area contributed by atoms with Gasteiger partial charge in [-0.2, -0.15) is 5.26 Å². The Balaban J connectivity index is 1.73. The zero-order chi connectivity index (χ0) is 19.4. The molecule has 0 fully saturated rings. The maximum absolute atomic E-state index is 13.8. The molecule has 1 N–H and O–H groups in total. The minimum atomic E-state index is -1.30. The van der Waals surface area contributed by atoms with Crippen molar-refractivity contribution in [3.05, 3.63) is 87.1 Å². The summed E-state index contributed by atoms with van der Waals surface area (Å²) in [7, 11) is 0. The third-order valence-electron chi connectivity index (χ3n) is 3.76. The Morgan fingerprint density at radius 3 is 2.67 bits per heavy atom. The number of aromatic nitrogens is 1. The molecular weight excluding hydrogens is 375 g/mol. The van der Waals surface area contributed by atoms with E-state index in [-0.39, 0.29) is 23.5 Å². The van der Waals surface area contributed by atoms with Crippen molar-refractivity contribution in [3.8, 4) is 6.07 Å². The molecule has 0 radical (unpaired) electrons. The summed E-state index contributed by atoms with van der Waals surface area (Å²) in [5.41, 5.74) is 0.338. The molecule has 8 heteroatoms. The first-order valence-electron chi connectivity index (χ1n) is 7.81. The normalized spacial score (nSPS) is 11.6. The largest absolute Gasteiger partial charge is 0.331 e. The number of rotatable bonds is 5. The summed E-state index contributed by atoms with van der Waals surface area (Å²) in [5, 5.41) is 13.6. The van der Waals surface area contributed by atoms with E-state index < -0.39 is 23.6 Å². The Kier molecular flexibility index (Phi) is 5.52. The Morgan fingerprint density at radius 1 is 1.19 bits per heavy atom. The molecule has 0 aliphatic heterocycles. The Morgan fingerprint density at radius 2 is 1.96 bits per heavy atom. The fourth-order valence-corrected chi connectivity index (χ4v) is 3.22. The molecule has 27 heavy (non-hydrogen) atoms. The Labute approximate surface area is 156 Å². The lowest BCUT2D eigenvalue weighted by Gasteiger charge is -2.11. The van der Waals surface area contributed by atoms with Gasteiger partial charge in [0.05, 0.1) is 11.1 Å². The molecule has 3 rings (SSSR count). The molecule has 0 saturated heterocycles. The third-order valence-corrected chi connectivity index (χ3v) is 4.61. The fourth-order valence-electron chi connectivity index (χ4n) is 2.42. The van der Waals surface area contributed by atoms with Crippen LogP contribution in [0.5, 0.6) is 0 Å². The number of nitrogens with one attached hydrogen (secondary N) is 1. The molecular formula is C19H12F3N3OS. The molecule has 0 aliphatic rings. The van der Waals surface area contributed by atoms with Crippen molar-refractivity contribution >= 4 is 17.2 Å². The number of thiazole rings is 1. The van der Waals surface area contributed by atoms with Gasteiger partial charge in [-0.3, -0.25) is 4.79 Å². The average Bonchev–Trinajstić information content (AvgIpc) is 3.11. The van der Waals surface area contributed by atoms with Crippen LogP contribution in [-0.4, -0.2) is 10.9 Å². The second kappa shape index (κ2) is 8.01. The van der Waals surface area contributed by atoms with Crippen molar-refractivity contribution in [1.82, 2.24) is 10.3 Å². The minimum absolute atomic E-state index is 0.0362. The number of nitriles is 1.